The predicted octanol–water partition coefficient (Wildman–Crippen LogP) is 2.42. The Balaban J connectivity index is 2.23. The summed E-state index contributed by atoms with van der Waals surface area (Å²) in [7, 11) is 2.05. The zero-order valence-corrected chi connectivity index (χ0v) is 15.4. The Bertz CT molecular complexity index is 573. The Morgan fingerprint density at radius 2 is 2.10 bits per heavy atom. The molecule has 0 spiro atoms. The lowest BCUT2D eigenvalue weighted by molar-refractivity contribution is 0.0889. The number of hydrogen-bond donors (Lipinski definition) is 2. The molecule has 0 saturated carbocycles. The zero-order valence-electron chi connectivity index (χ0n) is 11.7. The third-order valence-electron chi connectivity index (χ3n) is 3.84. The molecule has 2 rings (SSSR count). The minimum atomic E-state index is -0.607. The average Bonchev–Trinajstić information content (AvgIpc) is 2.44. The molecule has 0 radical (unpaired) electrons. The van der Waals surface area contributed by atoms with Crippen molar-refractivity contribution in [1.29, 1.82) is 0 Å². The Labute approximate surface area is 148 Å². The van der Waals surface area contributed by atoms with E-state index in [2.05, 4.69) is 32.8 Å². The van der Waals surface area contributed by atoms with Gasteiger partial charge in [0.25, 0.3) is 5.91 Å². The van der Waals surface area contributed by atoms with Crippen LogP contribution in [0.2, 0.25) is 5.02 Å². The van der Waals surface area contributed by atoms with Crippen LogP contribution in [0.15, 0.2) is 18.2 Å². The molecular weight excluding hydrogens is 421 g/mol. The number of hydrogen-bond acceptors (Lipinski definition) is 3. The van der Waals surface area contributed by atoms with Crippen LogP contribution in [0, 0.1) is 3.57 Å². The summed E-state index contributed by atoms with van der Waals surface area (Å²) in [5.74, 6) is -0.181. The van der Waals surface area contributed by atoms with Gasteiger partial charge in [0.2, 0.25) is 0 Å². The van der Waals surface area contributed by atoms with E-state index in [1.807, 2.05) is 13.1 Å². The summed E-state index contributed by atoms with van der Waals surface area (Å²) in [4.78, 5) is 15.1. The van der Waals surface area contributed by atoms with Gasteiger partial charge in [0.05, 0.1) is 16.1 Å². The first-order valence-corrected chi connectivity index (χ1v) is 8.46. The molecule has 3 N–H and O–H groups in total. The van der Waals surface area contributed by atoms with Gasteiger partial charge in [0, 0.05) is 21.7 Å². The highest BCUT2D eigenvalue weighted by atomic mass is 127. The van der Waals surface area contributed by atoms with Crippen molar-refractivity contribution in [3.05, 3.63) is 32.4 Å². The van der Waals surface area contributed by atoms with E-state index in [0.717, 1.165) is 29.5 Å². The van der Waals surface area contributed by atoms with E-state index in [1.54, 1.807) is 12.1 Å². The Morgan fingerprint density at radius 3 is 2.67 bits per heavy atom. The molecule has 114 valence electrons. The van der Waals surface area contributed by atoms with E-state index >= 15 is 0 Å². The molecular formula is C14H17ClIN3OS. The normalized spacial score (nSPS) is 18.2. The lowest BCUT2D eigenvalue weighted by atomic mass is 9.87. The number of nitrogens with one attached hydrogen (secondary N) is 1. The number of thiocarbonyl (C=S) groups is 1. The lowest BCUT2D eigenvalue weighted by Crippen LogP contribution is -2.61. The molecule has 1 amide bonds. The number of benzene rings is 1. The molecule has 0 aliphatic carbocycles. The van der Waals surface area contributed by atoms with Crippen molar-refractivity contribution in [2.45, 2.75) is 18.4 Å². The lowest BCUT2D eigenvalue weighted by Gasteiger charge is -2.40. The summed E-state index contributed by atoms with van der Waals surface area (Å²) >= 11 is 13.3. The molecule has 1 saturated heterocycles. The number of carbonyl (C=O) groups is 1. The summed E-state index contributed by atoms with van der Waals surface area (Å²) in [5.41, 5.74) is 5.86. The molecule has 0 aromatic heterocycles. The van der Waals surface area contributed by atoms with E-state index in [9.17, 15) is 4.79 Å². The molecule has 7 heteroatoms. The highest BCUT2D eigenvalue weighted by Crippen LogP contribution is 2.24. The van der Waals surface area contributed by atoms with Gasteiger partial charge < -0.3 is 16.0 Å². The van der Waals surface area contributed by atoms with Crippen LogP contribution in [0.1, 0.15) is 23.2 Å². The maximum Gasteiger partial charge on any atom is 0.253 e. The van der Waals surface area contributed by atoms with Crippen LogP contribution >= 0.6 is 46.4 Å². The maximum atomic E-state index is 12.6. The van der Waals surface area contributed by atoms with Gasteiger partial charge in [-0.05, 0) is 60.7 Å². The highest BCUT2D eigenvalue weighted by Gasteiger charge is 2.38. The monoisotopic (exact) mass is 437 g/mol. The molecule has 0 atom stereocenters. The predicted molar refractivity (Wildman–Crippen MR) is 97.9 cm³/mol. The third-order valence-corrected chi connectivity index (χ3v) is 5.40. The van der Waals surface area contributed by atoms with E-state index < -0.39 is 5.54 Å². The fourth-order valence-corrected chi connectivity index (χ4v) is 3.40. The second-order valence-corrected chi connectivity index (χ2v) is 7.37. The number of amides is 1. The molecule has 4 nitrogen and oxygen atoms in total. The van der Waals surface area contributed by atoms with Crippen molar-refractivity contribution < 1.29 is 4.79 Å². The van der Waals surface area contributed by atoms with Crippen LogP contribution < -0.4 is 11.1 Å². The fourth-order valence-electron chi connectivity index (χ4n) is 2.39. The van der Waals surface area contributed by atoms with Crippen molar-refractivity contribution in [2.75, 3.05) is 20.1 Å². The smallest absolute Gasteiger partial charge is 0.253 e. The zero-order chi connectivity index (χ0) is 15.6. The van der Waals surface area contributed by atoms with Gasteiger partial charge >= 0.3 is 0 Å². The van der Waals surface area contributed by atoms with Crippen LogP contribution in [-0.4, -0.2) is 41.5 Å². The van der Waals surface area contributed by atoms with Crippen molar-refractivity contribution in [3.63, 3.8) is 0 Å². The first-order chi connectivity index (χ1) is 9.84. The summed E-state index contributed by atoms with van der Waals surface area (Å²) in [6, 6.07) is 5.25. The Kier molecular flexibility index (Phi) is 5.45. The van der Waals surface area contributed by atoms with Gasteiger partial charge in [-0.1, -0.05) is 23.8 Å². The second kappa shape index (κ2) is 6.76. The topological polar surface area (TPSA) is 58.4 Å². The van der Waals surface area contributed by atoms with Crippen molar-refractivity contribution in [1.82, 2.24) is 10.2 Å². The van der Waals surface area contributed by atoms with E-state index in [4.69, 9.17) is 29.6 Å². The summed E-state index contributed by atoms with van der Waals surface area (Å²) in [5, 5.41) is 3.58. The number of piperidine rings is 1. The number of nitrogens with two attached hydrogens (primary N) is 1. The summed E-state index contributed by atoms with van der Waals surface area (Å²) < 4.78 is 0.848. The van der Waals surface area contributed by atoms with Gasteiger partial charge in [-0.2, -0.15) is 0 Å². The van der Waals surface area contributed by atoms with E-state index in [0.29, 0.717) is 15.6 Å². The van der Waals surface area contributed by atoms with Crippen LogP contribution in [0.25, 0.3) is 0 Å². The second-order valence-electron chi connectivity index (χ2n) is 5.33. The molecule has 1 aromatic carbocycles. The molecule has 1 aromatic rings. The highest BCUT2D eigenvalue weighted by molar-refractivity contribution is 14.1. The van der Waals surface area contributed by atoms with Crippen LogP contribution in [0.4, 0.5) is 0 Å². The average molecular weight is 438 g/mol. The molecule has 0 bridgehead atoms. The quantitative estimate of drug-likeness (QED) is 0.563. The van der Waals surface area contributed by atoms with Crippen molar-refractivity contribution in [2.24, 2.45) is 5.73 Å². The molecule has 0 unspecified atom stereocenters. The van der Waals surface area contributed by atoms with Crippen LogP contribution in [-0.2, 0) is 0 Å². The summed E-state index contributed by atoms with van der Waals surface area (Å²) in [6.45, 7) is 1.70. The number of rotatable bonds is 3. The van der Waals surface area contributed by atoms with Crippen molar-refractivity contribution in [3.8, 4) is 0 Å². The first kappa shape index (κ1) is 16.9. The Hall–Kier alpha value is -0.440. The molecule has 1 heterocycles. The Morgan fingerprint density at radius 1 is 1.48 bits per heavy atom. The minimum absolute atomic E-state index is 0.181. The fraction of sp³-hybridized carbons (Fsp3) is 0.429. The van der Waals surface area contributed by atoms with Gasteiger partial charge in [0.1, 0.15) is 0 Å². The van der Waals surface area contributed by atoms with E-state index in [1.165, 1.54) is 0 Å². The standard InChI is InChI=1S/C14H17ClIN3OS/c1-19-6-4-14(5-7-19,13(17)21)18-12(20)10-8-9(15)2-3-11(10)16/h2-3,8H,4-7H2,1H3,(H2,17,21)(H,18,20). The SMILES string of the molecule is CN1CCC(NC(=O)c2cc(Cl)ccc2I)(C(N)=S)CC1. The molecule has 21 heavy (non-hydrogen) atoms. The largest absolute Gasteiger partial charge is 0.391 e. The van der Waals surface area contributed by atoms with Gasteiger partial charge in [-0.3, -0.25) is 4.79 Å². The van der Waals surface area contributed by atoms with Crippen LogP contribution in [0.3, 0.4) is 0 Å². The first-order valence-electron chi connectivity index (χ1n) is 6.60. The van der Waals surface area contributed by atoms with Gasteiger partial charge in [-0.25, -0.2) is 0 Å². The number of carbonyl (C=O) groups excluding carboxylic acids is 1. The minimum Gasteiger partial charge on any atom is -0.391 e. The van der Waals surface area contributed by atoms with Crippen molar-refractivity contribution >= 4 is 57.3 Å². The maximum absolute atomic E-state index is 12.6. The number of nitrogens with zero attached hydrogens (tertiary/aromatic N) is 1. The third kappa shape index (κ3) is 3.85. The molecule has 1 fully saturated rings. The molecule has 1 aliphatic rings. The van der Waals surface area contributed by atoms with Crippen LogP contribution in [0.5, 0.6) is 0 Å². The number of halogens is 2. The van der Waals surface area contributed by atoms with Gasteiger partial charge in [-0.15, -0.1) is 0 Å². The molecule has 1 aliphatic heterocycles. The number of likely N-dealkylation sites (tertiary alicyclic amines) is 1. The summed E-state index contributed by atoms with van der Waals surface area (Å²) in [6.07, 6.45) is 1.45. The van der Waals surface area contributed by atoms with Gasteiger partial charge in [0.15, 0.2) is 0 Å². The van der Waals surface area contributed by atoms with E-state index in [-0.39, 0.29) is 5.91 Å².